The minimum Gasteiger partial charge on any atom is -0.543 e. The summed E-state index contributed by atoms with van der Waals surface area (Å²) in [5.74, 6) is 5.83. The Kier molecular flexibility index (Phi) is 5.30. The zero-order valence-corrected chi connectivity index (χ0v) is 22.1. The molecule has 4 heteroatoms. The van der Waals surface area contributed by atoms with Gasteiger partial charge in [0.2, 0.25) is 8.32 Å². The second kappa shape index (κ2) is 6.89. The van der Waals surface area contributed by atoms with Gasteiger partial charge in [-0.1, -0.05) is 20.8 Å². The maximum absolute atomic E-state index is 6.94. The van der Waals surface area contributed by atoms with E-state index in [0.717, 1.165) is 29.6 Å². The molecule has 4 aliphatic carbocycles. The zero-order chi connectivity index (χ0) is 18.9. The normalized spacial score (nSPS) is 33.6. The highest BCUT2D eigenvalue weighted by Gasteiger charge is 2.50. The van der Waals surface area contributed by atoms with Crippen molar-refractivity contribution in [1.29, 1.82) is 0 Å². The fourth-order valence-electron chi connectivity index (χ4n) is 5.79. The van der Waals surface area contributed by atoms with Gasteiger partial charge in [-0.15, -0.1) is 0 Å². The Hall–Kier alpha value is 0.697. The molecule has 0 amide bonds. The van der Waals surface area contributed by atoms with E-state index in [1.54, 1.807) is 5.56 Å². The standard InChI is InChI=1S/C22H32I2OSi/c1-22(2,3)26(4,5)25-19-12-17(23)11-18(24)21(19)20-15-7-13-6-14(9-15)10-16(20)8-13/h11-16,20H,6-10H2,1-5H3. The molecule has 0 unspecified atom stereocenters. The first kappa shape index (κ1) is 20.0. The summed E-state index contributed by atoms with van der Waals surface area (Å²) >= 11 is 5.06. The molecule has 0 heterocycles. The van der Waals surface area contributed by atoms with Crippen LogP contribution >= 0.6 is 45.2 Å². The Labute approximate surface area is 187 Å². The lowest BCUT2D eigenvalue weighted by molar-refractivity contribution is -0.00354. The van der Waals surface area contributed by atoms with Crippen LogP contribution in [0.4, 0.5) is 0 Å². The molecule has 0 radical (unpaired) electrons. The molecule has 0 atom stereocenters. The van der Waals surface area contributed by atoms with Crippen molar-refractivity contribution in [2.75, 3.05) is 0 Å². The lowest BCUT2D eigenvalue weighted by Crippen LogP contribution is -2.46. The molecule has 4 bridgehead atoms. The van der Waals surface area contributed by atoms with E-state index in [2.05, 4.69) is 91.2 Å². The molecule has 5 rings (SSSR count). The summed E-state index contributed by atoms with van der Waals surface area (Å²) in [5, 5.41) is 0.237. The molecule has 0 saturated heterocycles. The number of hydrogen-bond acceptors (Lipinski definition) is 1. The van der Waals surface area contributed by atoms with Crippen LogP contribution in [0.15, 0.2) is 12.1 Å². The molecule has 0 N–H and O–H groups in total. The third-order valence-electron chi connectivity index (χ3n) is 7.79. The second-order valence-electron chi connectivity index (χ2n) is 10.6. The van der Waals surface area contributed by atoms with Crippen LogP contribution in [0.3, 0.4) is 0 Å². The Balaban J connectivity index is 1.75. The summed E-state index contributed by atoms with van der Waals surface area (Å²) in [7, 11) is -1.83. The number of benzene rings is 1. The average Bonchev–Trinajstić information content (AvgIpc) is 2.46. The van der Waals surface area contributed by atoms with Crippen molar-refractivity contribution in [1.82, 2.24) is 0 Å². The first-order valence-corrected chi connectivity index (χ1v) is 15.3. The second-order valence-corrected chi connectivity index (χ2v) is 17.8. The first-order valence-electron chi connectivity index (χ1n) is 10.2. The molecular weight excluding hydrogens is 562 g/mol. The summed E-state index contributed by atoms with van der Waals surface area (Å²) < 4.78 is 9.70. The van der Waals surface area contributed by atoms with E-state index in [-0.39, 0.29) is 5.04 Å². The number of rotatable bonds is 3. The fourth-order valence-corrected chi connectivity index (χ4v) is 8.97. The van der Waals surface area contributed by atoms with Crippen molar-refractivity contribution in [3.63, 3.8) is 0 Å². The minimum absolute atomic E-state index is 0.237. The van der Waals surface area contributed by atoms with Crippen molar-refractivity contribution in [3.05, 3.63) is 24.8 Å². The number of halogens is 2. The maximum Gasteiger partial charge on any atom is 0.250 e. The molecule has 4 saturated carbocycles. The predicted octanol–water partition coefficient (Wildman–Crippen LogP) is 7.82. The highest BCUT2D eigenvalue weighted by Crippen LogP contribution is 2.61. The van der Waals surface area contributed by atoms with Gasteiger partial charge in [-0.05, 0) is 137 Å². The monoisotopic (exact) mass is 594 g/mol. The summed E-state index contributed by atoms with van der Waals surface area (Å²) in [6, 6.07) is 4.71. The van der Waals surface area contributed by atoms with Gasteiger partial charge < -0.3 is 4.43 Å². The lowest BCUT2D eigenvalue weighted by atomic mass is 9.50. The van der Waals surface area contributed by atoms with Gasteiger partial charge in [-0.25, -0.2) is 0 Å². The van der Waals surface area contributed by atoms with Crippen LogP contribution in [-0.4, -0.2) is 8.32 Å². The lowest BCUT2D eigenvalue weighted by Gasteiger charge is -2.55. The van der Waals surface area contributed by atoms with Gasteiger partial charge in [0.15, 0.2) is 0 Å². The molecular formula is C22H32I2OSi. The fraction of sp³-hybridized carbons (Fsp3) is 0.727. The van der Waals surface area contributed by atoms with Gasteiger partial charge in [0, 0.05) is 12.7 Å². The molecule has 1 nitrogen and oxygen atoms in total. The van der Waals surface area contributed by atoms with Crippen LogP contribution < -0.4 is 4.43 Å². The topological polar surface area (TPSA) is 9.23 Å². The van der Waals surface area contributed by atoms with Crippen LogP contribution in [0.5, 0.6) is 5.75 Å². The third-order valence-corrected chi connectivity index (χ3v) is 13.6. The Morgan fingerprint density at radius 3 is 1.96 bits per heavy atom. The van der Waals surface area contributed by atoms with E-state index in [0.29, 0.717) is 0 Å². The van der Waals surface area contributed by atoms with E-state index >= 15 is 0 Å². The largest absolute Gasteiger partial charge is 0.543 e. The summed E-state index contributed by atoms with van der Waals surface area (Å²) in [6.07, 6.45) is 7.41. The van der Waals surface area contributed by atoms with Gasteiger partial charge in [0.05, 0.1) is 0 Å². The van der Waals surface area contributed by atoms with Crippen LogP contribution in [0.25, 0.3) is 0 Å². The molecule has 4 aliphatic rings. The first-order chi connectivity index (χ1) is 12.0. The van der Waals surface area contributed by atoms with Gasteiger partial charge in [-0.2, -0.15) is 0 Å². The van der Waals surface area contributed by atoms with E-state index in [1.807, 2.05) is 0 Å². The third kappa shape index (κ3) is 3.53. The van der Waals surface area contributed by atoms with Crippen molar-refractivity contribution < 1.29 is 4.43 Å². The minimum atomic E-state index is -1.83. The Morgan fingerprint density at radius 1 is 0.923 bits per heavy atom. The molecule has 0 aliphatic heterocycles. The van der Waals surface area contributed by atoms with Crippen molar-refractivity contribution in [2.45, 2.75) is 76.9 Å². The summed E-state index contributed by atoms with van der Waals surface area (Å²) in [4.78, 5) is 0. The molecule has 26 heavy (non-hydrogen) atoms. The van der Waals surface area contributed by atoms with Crippen LogP contribution in [-0.2, 0) is 0 Å². The van der Waals surface area contributed by atoms with Crippen LogP contribution in [0.1, 0.15) is 64.4 Å². The molecule has 4 fully saturated rings. The highest BCUT2D eigenvalue weighted by atomic mass is 127. The van der Waals surface area contributed by atoms with Crippen molar-refractivity contribution in [3.8, 4) is 5.75 Å². The average molecular weight is 594 g/mol. The van der Waals surface area contributed by atoms with E-state index in [4.69, 9.17) is 4.43 Å². The maximum atomic E-state index is 6.94. The zero-order valence-electron chi connectivity index (χ0n) is 16.7. The van der Waals surface area contributed by atoms with Gasteiger partial charge in [0.25, 0.3) is 0 Å². The SMILES string of the molecule is CC(C)(C)[Si](C)(C)Oc1cc(I)cc(I)c1C1C2CC3CC(C2)CC1C3. The van der Waals surface area contributed by atoms with Gasteiger partial charge in [0.1, 0.15) is 5.75 Å². The molecule has 0 spiro atoms. The molecule has 1 aromatic rings. The van der Waals surface area contributed by atoms with Gasteiger partial charge >= 0.3 is 0 Å². The highest BCUT2D eigenvalue weighted by molar-refractivity contribution is 14.1. The summed E-state index contributed by atoms with van der Waals surface area (Å²) in [6.45, 7) is 11.8. The summed E-state index contributed by atoms with van der Waals surface area (Å²) in [5.41, 5.74) is 1.57. The van der Waals surface area contributed by atoms with Gasteiger partial charge in [-0.3, -0.25) is 0 Å². The number of hydrogen-bond donors (Lipinski definition) is 0. The van der Waals surface area contributed by atoms with E-state index in [9.17, 15) is 0 Å². The molecule has 0 aromatic heterocycles. The van der Waals surface area contributed by atoms with Crippen molar-refractivity contribution >= 4 is 53.5 Å². The molecule has 144 valence electrons. The molecule has 1 aromatic carbocycles. The van der Waals surface area contributed by atoms with Crippen LogP contribution in [0.2, 0.25) is 18.1 Å². The quantitative estimate of drug-likeness (QED) is 0.256. The van der Waals surface area contributed by atoms with E-state index < -0.39 is 8.32 Å². The predicted molar refractivity (Wildman–Crippen MR) is 129 cm³/mol. The Morgan fingerprint density at radius 2 is 1.46 bits per heavy atom. The smallest absolute Gasteiger partial charge is 0.250 e. The van der Waals surface area contributed by atoms with Crippen molar-refractivity contribution in [2.24, 2.45) is 23.7 Å². The Bertz CT molecular complexity index is 679. The van der Waals surface area contributed by atoms with E-state index in [1.165, 1.54) is 45.0 Å². The van der Waals surface area contributed by atoms with Crippen LogP contribution in [0, 0.1) is 30.8 Å².